The van der Waals surface area contributed by atoms with Gasteiger partial charge in [0.05, 0.1) is 5.75 Å². The Hall–Kier alpha value is -0.130. The molecule has 1 heterocycles. The molecule has 1 N–H and O–H groups in total. The van der Waals surface area contributed by atoms with Crippen LogP contribution in [-0.4, -0.2) is 56.5 Å². The Morgan fingerprint density at radius 1 is 1.32 bits per heavy atom. The highest BCUT2D eigenvalue weighted by Gasteiger charge is 2.29. The first-order chi connectivity index (χ1) is 8.93. The summed E-state index contributed by atoms with van der Waals surface area (Å²) in [6, 6.07) is 0.976. The number of nitrogens with zero attached hydrogens (tertiary/aromatic N) is 1. The van der Waals surface area contributed by atoms with Crippen molar-refractivity contribution in [1.29, 1.82) is 0 Å². The molecule has 0 bridgehead atoms. The van der Waals surface area contributed by atoms with E-state index in [0.717, 1.165) is 25.9 Å². The maximum Gasteiger partial charge on any atom is 0.151 e. The minimum absolute atomic E-state index is 0.255. The van der Waals surface area contributed by atoms with Gasteiger partial charge in [0.2, 0.25) is 0 Å². The fourth-order valence-corrected chi connectivity index (χ4v) is 3.43. The lowest BCUT2D eigenvalue weighted by molar-refractivity contribution is 0.113. The Labute approximate surface area is 118 Å². The van der Waals surface area contributed by atoms with Gasteiger partial charge in [-0.2, -0.15) is 0 Å². The topological polar surface area (TPSA) is 49.4 Å². The van der Waals surface area contributed by atoms with Crippen molar-refractivity contribution in [3.8, 4) is 0 Å². The van der Waals surface area contributed by atoms with Gasteiger partial charge in [-0.1, -0.05) is 34.1 Å². The zero-order valence-electron chi connectivity index (χ0n) is 12.9. The summed E-state index contributed by atoms with van der Waals surface area (Å²) in [4.78, 5) is 2.38. The van der Waals surface area contributed by atoms with Crippen molar-refractivity contribution in [1.82, 2.24) is 10.2 Å². The molecule has 19 heavy (non-hydrogen) atoms. The molecule has 1 aliphatic heterocycles. The highest BCUT2D eigenvalue weighted by atomic mass is 32.2. The number of piperazine rings is 1. The minimum atomic E-state index is -2.86. The Kier molecular flexibility index (Phi) is 6.77. The first-order valence-electron chi connectivity index (χ1n) is 7.61. The van der Waals surface area contributed by atoms with Gasteiger partial charge in [-0.15, -0.1) is 0 Å². The van der Waals surface area contributed by atoms with Gasteiger partial charge in [-0.3, -0.25) is 4.90 Å². The molecule has 114 valence electrons. The zero-order valence-corrected chi connectivity index (χ0v) is 13.7. The third kappa shape index (κ3) is 5.04. The highest BCUT2D eigenvalue weighted by Crippen LogP contribution is 2.17. The summed E-state index contributed by atoms with van der Waals surface area (Å²) in [6.07, 6.45) is 2.24. The van der Waals surface area contributed by atoms with Gasteiger partial charge in [0.1, 0.15) is 0 Å². The van der Waals surface area contributed by atoms with Gasteiger partial charge < -0.3 is 5.32 Å². The maximum absolute atomic E-state index is 11.7. The van der Waals surface area contributed by atoms with Crippen LogP contribution in [0.1, 0.15) is 40.5 Å². The molecule has 0 aliphatic carbocycles. The quantitative estimate of drug-likeness (QED) is 0.772. The summed E-state index contributed by atoms with van der Waals surface area (Å²) in [5, 5.41) is 3.62. The highest BCUT2D eigenvalue weighted by molar-refractivity contribution is 7.91. The van der Waals surface area contributed by atoms with E-state index >= 15 is 0 Å². The van der Waals surface area contributed by atoms with Crippen LogP contribution in [0, 0.1) is 5.92 Å². The van der Waals surface area contributed by atoms with Crippen LogP contribution in [0.4, 0.5) is 0 Å². The van der Waals surface area contributed by atoms with E-state index in [-0.39, 0.29) is 5.75 Å². The lowest BCUT2D eigenvalue weighted by Gasteiger charge is -2.42. The molecular weight excluding hydrogens is 260 g/mol. The first kappa shape index (κ1) is 16.9. The molecule has 1 saturated heterocycles. The van der Waals surface area contributed by atoms with E-state index in [9.17, 15) is 8.42 Å². The van der Waals surface area contributed by atoms with Crippen molar-refractivity contribution < 1.29 is 8.42 Å². The number of sulfone groups is 1. The zero-order chi connectivity index (χ0) is 14.5. The Bertz CT molecular complexity index is 356. The molecule has 0 radical (unpaired) electrons. The van der Waals surface area contributed by atoms with Gasteiger partial charge >= 0.3 is 0 Å². The Morgan fingerprint density at radius 3 is 2.53 bits per heavy atom. The minimum Gasteiger partial charge on any atom is -0.311 e. The van der Waals surface area contributed by atoms with Gasteiger partial charge in [0, 0.05) is 37.5 Å². The first-order valence-corrected chi connectivity index (χ1v) is 9.43. The van der Waals surface area contributed by atoms with E-state index in [2.05, 4.69) is 31.0 Å². The molecule has 1 rings (SSSR count). The summed E-state index contributed by atoms with van der Waals surface area (Å²) in [7, 11) is -2.86. The second-order valence-electron chi connectivity index (χ2n) is 5.69. The molecule has 0 spiro atoms. The number of hydrogen-bond donors (Lipinski definition) is 1. The molecule has 1 fully saturated rings. The van der Waals surface area contributed by atoms with Crippen molar-refractivity contribution in [3.05, 3.63) is 0 Å². The molecule has 1 aliphatic rings. The molecule has 5 heteroatoms. The van der Waals surface area contributed by atoms with Crippen LogP contribution >= 0.6 is 0 Å². The standard InChI is InChI=1S/C14H30N2O2S/c1-5-12(4)14-11-16(13(6-2)10-15-14)8-9-19(17,18)7-3/h12-15H,5-11H2,1-4H3. The second kappa shape index (κ2) is 7.60. The van der Waals surface area contributed by atoms with Crippen molar-refractivity contribution in [3.63, 3.8) is 0 Å². The summed E-state index contributed by atoms with van der Waals surface area (Å²) >= 11 is 0. The van der Waals surface area contributed by atoms with Crippen molar-refractivity contribution in [2.24, 2.45) is 5.92 Å². The summed E-state index contributed by atoms with van der Waals surface area (Å²) < 4.78 is 23.3. The van der Waals surface area contributed by atoms with Gasteiger partial charge in [-0.25, -0.2) is 8.42 Å². The smallest absolute Gasteiger partial charge is 0.151 e. The predicted octanol–water partition coefficient (Wildman–Crippen LogP) is 1.52. The van der Waals surface area contributed by atoms with E-state index in [1.54, 1.807) is 6.92 Å². The maximum atomic E-state index is 11.7. The lowest BCUT2D eigenvalue weighted by atomic mass is 9.95. The number of rotatable bonds is 7. The fraction of sp³-hybridized carbons (Fsp3) is 1.00. The van der Waals surface area contributed by atoms with Crippen LogP contribution in [-0.2, 0) is 9.84 Å². The molecule has 0 aromatic heterocycles. The summed E-state index contributed by atoms with van der Waals surface area (Å²) in [6.45, 7) is 11.0. The molecule has 0 aromatic rings. The van der Waals surface area contributed by atoms with Crippen LogP contribution in [0.25, 0.3) is 0 Å². The Morgan fingerprint density at radius 2 is 2.00 bits per heavy atom. The van der Waals surface area contributed by atoms with E-state index < -0.39 is 9.84 Å². The van der Waals surface area contributed by atoms with Crippen molar-refractivity contribution >= 4 is 9.84 Å². The predicted molar refractivity (Wildman–Crippen MR) is 81.2 cm³/mol. The fourth-order valence-electron chi connectivity index (χ4n) is 2.63. The van der Waals surface area contributed by atoms with Crippen LogP contribution in [0.5, 0.6) is 0 Å². The van der Waals surface area contributed by atoms with Crippen LogP contribution in [0.2, 0.25) is 0 Å². The second-order valence-corrected chi connectivity index (χ2v) is 8.17. The SMILES string of the molecule is CCC(C)C1CN(CCS(=O)(=O)CC)C(CC)CN1. The average Bonchev–Trinajstić information content (AvgIpc) is 2.44. The molecule has 0 aromatic carbocycles. The molecule has 4 nitrogen and oxygen atoms in total. The van der Waals surface area contributed by atoms with Gasteiger partial charge in [0.15, 0.2) is 9.84 Å². The monoisotopic (exact) mass is 290 g/mol. The molecule has 3 atom stereocenters. The van der Waals surface area contributed by atoms with Gasteiger partial charge in [-0.05, 0) is 12.3 Å². The summed E-state index contributed by atoms with van der Waals surface area (Å²) in [5.41, 5.74) is 0. The number of nitrogens with one attached hydrogen (secondary N) is 1. The Balaban J connectivity index is 2.60. The molecule has 0 saturated carbocycles. The van der Waals surface area contributed by atoms with Crippen LogP contribution < -0.4 is 5.32 Å². The van der Waals surface area contributed by atoms with E-state index in [1.807, 2.05) is 0 Å². The van der Waals surface area contributed by atoms with Crippen LogP contribution in [0.15, 0.2) is 0 Å². The van der Waals surface area contributed by atoms with Crippen molar-refractivity contribution in [2.45, 2.75) is 52.6 Å². The van der Waals surface area contributed by atoms with Gasteiger partial charge in [0.25, 0.3) is 0 Å². The van der Waals surface area contributed by atoms with E-state index in [0.29, 0.717) is 30.3 Å². The van der Waals surface area contributed by atoms with E-state index in [4.69, 9.17) is 0 Å². The van der Waals surface area contributed by atoms with Crippen LogP contribution in [0.3, 0.4) is 0 Å². The van der Waals surface area contributed by atoms with E-state index in [1.165, 1.54) is 0 Å². The third-order valence-electron chi connectivity index (χ3n) is 4.49. The normalized spacial score (nSPS) is 27.4. The largest absolute Gasteiger partial charge is 0.311 e. The molecular formula is C14H30N2O2S. The average molecular weight is 290 g/mol. The molecule has 3 unspecified atom stereocenters. The molecule has 0 amide bonds. The lowest BCUT2D eigenvalue weighted by Crippen LogP contribution is -2.58. The third-order valence-corrected chi connectivity index (χ3v) is 6.18. The number of hydrogen-bond acceptors (Lipinski definition) is 4. The van der Waals surface area contributed by atoms with Crippen molar-refractivity contribution in [2.75, 3.05) is 31.1 Å². The summed E-state index contributed by atoms with van der Waals surface area (Å²) in [5.74, 6) is 1.20.